The first-order valence-corrected chi connectivity index (χ1v) is 14.3. The highest BCUT2D eigenvalue weighted by Crippen LogP contribution is 2.33. The summed E-state index contributed by atoms with van der Waals surface area (Å²) < 4.78 is 5.51. The van der Waals surface area contributed by atoms with Crippen molar-refractivity contribution in [3.63, 3.8) is 0 Å². The third kappa shape index (κ3) is 6.27. The number of benzene rings is 1. The van der Waals surface area contributed by atoms with Crippen molar-refractivity contribution in [2.75, 3.05) is 26.2 Å². The molecule has 214 valence electrons. The maximum Gasteiger partial charge on any atom is 0.410 e. The number of nitrogens with zero attached hydrogens (tertiary/aromatic N) is 5. The molecule has 2 saturated heterocycles. The molecular formula is C30H39N5O5. The molecule has 1 saturated carbocycles. The molecule has 0 spiro atoms. The SMILES string of the molecule is CC(C)(C)OC(=O)N1CCC(N(C(=O)c2cnc(-c3ccc(C(=O)N4CCC[C@H]4CO)cc3)nc2)C2CC2)CC1. The standard InChI is InChI=1S/C30H39N5O5/c1-30(2,3)40-29(39)33-15-12-24(13-16-33)35(23-10-11-23)28(38)22-17-31-26(32-18-22)20-6-8-21(9-7-20)27(37)34-14-4-5-25(34)19-36/h6-9,17-18,23-25,36H,4-5,10-16,19H2,1-3H3/t25-/m0/s1. The lowest BCUT2D eigenvalue weighted by molar-refractivity contribution is 0.0142. The van der Waals surface area contributed by atoms with Gasteiger partial charge in [-0.2, -0.15) is 0 Å². The summed E-state index contributed by atoms with van der Waals surface area (Å²) in [4.78, 5) is 53.2. The monoisotopic (exact) mass is 549 g/mol. The van der Waals surface area contributed by atoms with E-state index >= 15 is 0 Å². The number of aliphatic hydroxyl groups is 1. The van der Waals surface area contributed by atoms with E-state index in [0.29, 0.717) is 49.4 Å². The number of carbonyl (C=O) groups is 3. The molecule has 1 aliphatic carbocycles. The van der Waals surface area contributed by atoms with Gasteiger partial charge in [0.1, 0.15) is 5.60 Å². The second kappa shape index (κ2) is 11.5. The Balaban J connectivity index is 1.22. The van der Waals surface area contributed by atoms with Crippen molar-refractivity contribution in [1.82, 2.24) is 24.7 Å². The van der Waals surface area contributed by atoms with E-state index < -0.39 is 5.60 Å². The maximum absolute atomic E-state index is 13.6. The number of ether oxygens (including phenoxy) is 1. The molecule has 3 aliphatic rings. The van der Waals surface area contributed by atoms with Gasteiger partial charge in [0, 0.05) is 55.2 Å². The van der Waals surface area contributed by atoms with Gasteiger partial charge in [-0.15, -0.1) is 0 Å². The summed E-state index contributed by atoms with van der Waals surface area (Å²) in [7, 11) is 0. The number of hydrogen-bond donors (Lipinski definition) is 1. The second-order valence-electron chi connectivity index (χ2n) is 12.0. The summed E-state index contributed by atoms with van der Waals surface area (Å²) in [5, 5.41) is 9.54. The van der Waals surface area contributed by atoms with Crippen LogP contribution in [0.25, 0.3) is 11.4 Å². The molecular weight excluding hydrogens is 510 g/mol. The van der Waals surface area contributed by atoms with Gasteiger partial charge in [0.2, 0.25) is 0 Å². The third-order valence-electron chi connectivity index (χ3n) is 7.82. The Morgan fingerprint density at radius 2 is 1.55 bits per heavy atom. The van der Waals surface area contributed by atoms with Gasteiger partial charge in [-0.05, 0) is 71.4 Å². The molecule has 0 radical (unpaired) electrons. The van der Waals surface area contributed by atoms with E-state index in [4.69, 9.17) is 4.74 Å². The summed E-state index contributed by atoms with van der Waals surface area (Å²) in [6, 6.07) is 7.29. The van der Waals surface area contributed by atoms with Crippen molar-refractivity contribution in [2.45, 2.75) is 83.0 Å². The molecule has 10 heteroatoms. The number of aromatic nitrogens is 2. The van der Waals surface area contributed by atoms with Crippen LogP contribution in [0.5, 0.6) is 0 Å². The largest absolute Gasteiger partial charge is 0.444 e. The fraction of sp³-hybridized carbons (Fsp3) is 0.567. The minimum absolute atomic E-state index is 0.0216. The topological polar surface area (TPSA) is 116 Å². The van der Waals surface area contributed by atoms with E-state index in [9.17, 15) is 19.5 Å². The van der Waals surface area contributed by atoms with Crippen LogP contribution in [-0.2, 0) is 4.74 Å². The fourth-order valence-electron chi connectivity index (χ4n) is 5.59. The zero-order valence-electron chi connectivity index (χ0n) is 23.6. The van der Waals surface area contributed by atoms with Crippen LogP contribution < -0.4 is 0 Å². The molecule has 3 heterocycles. The first kappa shape index (κ1) is 28.0. The normalized spacial score (nSPS) is 19.9. The van der Waals surface area contributed by atoms with E-state index in [1.54, 1.807) is 34.3 Å². The van der Waals surface area contributed by atoms with Crippen LogP contribution in [0.3, 0.4) is 0 Å². The number of hydrogen-bond acceptors (Lipinski definition) is 7. The molecule has 1 aromatic carbocycles. The van der Waals surface area contributed by atoms with E-state index in [2.05, 4.69) is 9.97 Å². The number of aliphatic hydroxyl groups excluding tert-OH is 1. The molecule has 3 amide bonds. The van der Waals surface area contributed by atoms with Crippen LogP contribution in [0.15, 0.2) is 36.7 Å². The molecule has 2 aromatic rings. The summed E-state index contributed by atoms with van der Waals surface area (Å²) in [6.45, 7) is 7.33. The highest BCUT2D eigenvalue weighted by molar-refractivity contribution is 5.95. The van der Waals surface area contributed by atoms with Crippen LogP contribution in [-0.4, -0.2) is 97.6 Å². The van der Waals surface area contributed by atoms with Gasteiger partial charge in [0.05, 0.1) is 18.2 Å². The Morgan fingerprint density at radius 1 is 0.925 bits per heavy atom. The molecule has 1 N–H and O–H groups in total. The van der Waals surface area contributed by atoms with Gasteiger partial charge in [-0.25, -0.2) is 14.8 Å². The molecule has 0 unspecified atom stereocenters. The Labute approximate surface area is 235 Å². The van der Waals surface area contributed by atoms with Crippen LogP contribution in [0.1, 0.15) is 80.0 Å². The highest BCUT2D eigenvalue weighted by Gasteiger charge is 2.40. The molecule has 5 rings (SSSR count). The first-order valence-electron chi connectivity index (χ1n) is 14.3. The summed E-state index contributed by atoms with van der Waals surface area (Å²) >= 11 is 0. The van der Waals surface area contributed by atoms with Gasteiger partial charge in [-0.3, -0.25) is 9.59 Å². The van der Waals surface area contributed by atoms with Crippen molar-refractivity contribution < 1.29 is 24.2 Å². The number of rotatable bonds is 6. The molecule has 1 aromatic heterocycles. The van der Waals surface area contributed by atoms with Crippen molar-refractivity contribution in [3.05, 3.63) is 47.8 Å². The van der Waals surface area contributed by atoms with E-state index in [1.165, 1.54) is 0 Å². The van der Waals surface area contributed by atoms with Gasteiger partial charge in [-0.1, -0.05) is 12.1 Å². The lowest BCUT2D eigenvalue weighted by Gasteiger charge is -2.39. The second-order valence-corrected chi connectivity index (χ2v) is 12.0. The number of piperidine rings is 1. The summed E-state index contributed by atoms with van der Waals surface area (Å²) in [5.74, 6) is 0.324. The quantitative estimate of drug-likeness (QED) is 0.583. The van der Waals surface area contributed by atoms with Crippen molar-refractivity contribution in [1.29, 1.82) is 0 Å². The third-order valence-corrected chi connectivity index (χ3v) is 7.82. The number of likely N-dealkylation sites (tertiary alicyclic amines) is 2. The molecule has 1 atom stereocenters. The Bertz CT molecular complexity index is 1210. The fourth-order valence-corrected chi connectivity index (χ4v) is 5.59. The van der Waals surface area contributed by atoms with Crippen molar-refractivity contribution in [2.24, 2.45) is 0 Å². The van der Waals surface area contributed by atoms with Crippen LogP contribution in [0, 0.1) is 0 Å². The van der Waals surface area contributed by atoms with E-state index in [-0.39, 0.29) is 42.6 Å². The molecule has 40 heavy (non-hydrogen) atoms. The Hall–Kier alpha value is -3.53. The van der Waals surface area contributed by atoms with Crippen LogP contribution in [0.2, 0.25) is 0 Å². The zero-order chi connectivity index (χ0) is 28.4. The average Bonchev–Trinajstić information content (AvgIpc) is 3.66. The summed E-state index contributed by atoms with van der Waals surface area (Å²) in [6.07, 6.45) is 7.96. The minimum atomic E-state index is -0.535. The number of carbonyl (C=O) groups excluding carboxylic acids is 3. The first-order chi connectivity index (χ1) is 19.1. The Kier molecular flexibility index (Phi) is 8.07. The molecule has 2 aliphatic heterocycles. The predicted molar refractivity (Wildman–Crippen MR) is 149 cm³/mol. The average molecular weight is 550 g/mol. The molecule has 0 bridgehead atoms. The minimum Gasteiger partial charge on any atom is -0.444 e. The Morgan fingerprint density at radius 3 is 2.12 bits per heavy atom. The van der Waals surface area contributed by atoms with Gasteiger partial charge >= 0.3 is 6.09 Å². The lowest BCUT2D eigenvalue weighted by Crippen LogP contribution is -2.50. The molecule has 10 nitrogen and oxygen atoms in total. The van der Waals surface area contributed by atoms with Crippen LogP contribution in [0.4, 0.5) is 4.79 Å². The van der Waals surface area contributed by atoms with Crippen LogP contribution >= 0.6 is 0 Å². The summed E-state index contributed by atoms with van der Waals surface area (Å²) in [5.41, 5.74) is 1.23. The molecule has 3 fully saturated rings. The maximum atomic E-state index is 13.6. The lowest BCUT2D eigenvalue weighted by atomic mass is 10.0. The van der Waals surface area contributed by atoms with Crippen molar-refractivity contribution >= 4 is 17.9 Å². The smallest absolute Gasteiger partial charge is 0.410 e. The van der Waals surface area contributed by atoms with Gasteiger partial charge in [0.25, 0.3) is 11.8 Å². The van der Waals surface area contributed by atoms with E-state index in [0.717, 1.165) is 31.2 Å². The predicted octanol–water partition coefficient (Wildman–Crippen LogP) is 3.74. The van der Waals surface area contributed by atoms with Gasteiger partial charge in [0.15, 0.2) is 5.82 Å². The highest BCUT2D eigenvalue weighted by atomic mass is 16.6. The zero-order valence-corrected chi connectivity index (χ0v) is 23.6. The van der Waals surface area contributed by atoms with E-state index in [1.807, 2.05) is 37.8 Å². The van der Waals surface area contributed by atoms with Gasteiger partial charge < -0.3 is 24.5 Å². The van der Waals surface area contributed by atoms with Crippen molar-refractivity contribution in [3.8, 4) is 11.4 Å². The number of amides is 3.